The predicted octanol–water partition coefficient (Wildman–Crippen LogP) is 4.47. The fourth-order valence-electron chi connectivity index (χ4n) is 2.48. The van der Waals surface area contributed by atoms with Crippen LogP contribution in [0.1, 0.15) is 22.8 Å². The number of carbonyl (C=O) groups is 1. The first-order valence-corrected chi connectivity index (χ1v) is 7.71. The second kappa shape index (κ2) is 6.96. The molecular weight excluding hydrogens is 302 g/mol. The van der Waals surface area contributed by atoms with Gasteiger partial charge in [0.2, 0.25) is 0 Å². The minimum Gasteiger partial charge on any atom is -0.507 e. The average Bonchev–Trinajstić information content (AvgIpc) is 2.62. The number of nitrogens with zero attached hydrogens (tertiary/aromatic N) is 1. The maximum atomic E-state index is 12.0. The standard InChI is InChI=1S/C20H17NO3/c1-2-24-20(23)17-9-5-6-10-18(17)21-13-15-12-11-14-7-3-4-8-16(14)19(15)22/h3-13,22H,2H2,1H3. The van der Waals surface area contributed by atoms with E-state index < -0.39 is 5.97 Å². The van der Waals surface area contributed by atoms with Gasteiger partial charge in [0.15, 0.2) is 0 Å². The molecule has 0 amide bonds. The van der Waals surface area contributed by atoms with E-state index in [9.17, 15) is 9.90 Å². The Balaban J connectivity index is 1.97. The molecule has 0 unspecified atom stereocenters. The fraction of sp³-hybridized carbons (Fsp3) is 0.100. The number of hydrogen-bond acceptors (Lipinski definition) is 4. The van der Waals surface area contributed by atoms with E-state index in [1.807, 2.05) is 30.3 Å². The molecule has 0 spiro atoms. The summed E-state index contributed by atoms with van der Waals surface area (Å²) < 4.78 is 5.04. The first-order chi connectivity index (χ1) is 11.7. The summed E-state index contributed by atoms with van der Waals surface area (Å²) in [5, 5.41) is 12.1. The third kappa shape index (κ3) is 3.13. The van der Waals surface area contributed by atoms with Gasteiger partial charge in [0.1, 0.15) is 5.75 Å². The molecule has 0 aromatic heterocycles. The van der Waals surface area contributed by atoms with Crippen molar-refractivity contribution in [1.82, 2.24) is 0 Å². The van der Waals surface area contributed by atoms with Crippen LogP contribution in [0.25, 0.3) is 10.8 Å². The number of fused-ring (bicyclic) bond motifs is 1. The van der Waals surface area contributed by atoms with E-state index in [0.29, 0.717) is 23.4 Å². The average molecular weight is 319 g/mol. The van der Waals surface area contributed by atoms with Crippen molar-refractivity contribution in [1.29, 1.82) is 0 Å². The van der Waals surface area contributed by atoms with Crippen LogP contribution < -0.4 is 0 Å². The van der Waals surface area contributed by atoms with Gasteiger partial charge in [-0.2, -0.15) is 0 Å². The lowest BCUT2D eigenvalue weighted by molar-refractivity contribution is 0.0527. The molecule has 0 bridgehead atoms. The predicted molar refractivity (Wildman–Crippen MR) is 95.3 cm³/mol. The van der Waals surface area contributed by atoms with Gasteiger partial charge >= 0.3 is 5.97 Å². The normalized spacial score (nSPS) is 11.0. The third-order valence-electron chi connectivity index (χ3n) is 3.67. The number of benzene rings is 3. The summed E-state index contributed by atoms with van der Waals surface area (Å²) in [6.45, 7) is 2.07. The van der Waals surface area contributed by atoms with Gasteiger partial charge in [-0.15, -0.1) is 0 Å². The number of hydrogen-bond donors (Lipinski definition) is 1. The quantitative estimate of drug-likeness (QED) is 0.570. The zero-order valence-electron chi connectivity index (χ0n) is 13.3. The number of ether oxygens (including phenoxy) is 1. The van der Waals surface area contributed by atoms with Crippen LogP contribution in [0.15, 0.2) is 65.7 Å². The number of rotatable bonds is 4. The molecule has 0 heterocycles. The van der Waals surface area contributed by atoms with E-state index >= 15 is 0 Å². The van der Waals surface area contributed by atoms with Gasteiger partial charge in [-0.25, -0.2) is 4.79 Å². The van der Waals surface area contributed by atoms with E-state index in [2.05, 4.69) is 4.99 Å². The molecule has 0 fully saturated rings. The second-order valence-corrected chi connectivity index (χ2v) is 5.22. The SMILES string of the molecule is CCOC(=O)c1ccccc1N=Cc1ccc2ccccc2c1O. The van der Waals surface area contributed by atoms with Gasteiger partial charge < -0.3 is 9.84 Å². The van der Waals surface area contributed by atoms with Crippen LogP contribution >= 0.6 is 0 Å². The van der Waals surface area contributed by atoms with Crippen LogP contribution in [0, 0.1) is 0 Å². The summed E-state index contributed by atoms with van der Waals surface area (Å²) in [6, 6.07) is 18.3. The van der Waals surface area contributed by atoms with Crippen molar-refractivity contribution < 1.29 is 14.6 Å². The topological polar surface area (TPSA) is 58.9 Å². The third-order valence-corrected chi connectivity index (χ3v) is 3.67. The number of phenolic OH excluding ortho intramolecular Hbond substituents is 1. The molecule has 0 radical (unpaired) electrons. The van der Waals surface area contributed by atoms with Crippen molar-refractivity contribution in [2.75, 3.05) is 6.61 Å². The first-order valence-electron chi connectivity index (χ1n) is 7.71. The molecule has 3 rings (SSSR count). The van der Waals surface area contributed by atoms with E-state index in [4.69, 9.17) is 4.74 Å². The zero-order valence-corrected chi connectivity index (χ0v) is 13.3. The largest absolute Gasteiger partial charge is 0.507 e. The Bertz CT molecular complexity index is 916. The number of phenols is 1. The molecule has 120 valence electrons. The lowest BCUT2D eigenvalue weighted by Crippen LogP contribution is -2.04. The lowest BCUT2D eigenvalue weighted by atomic mass is 10.1. The van der Waals surface area contributed by atoms with Gasteiger partial charge in [0, 0.05) is 17.2 Å². The van der Waals surface area contributed by atoms with Crippen LogP contribution in [0.4, 0.5) is 5.69 Å². The maximum Gasteiger partial charge on any atom is 0.340 e. The Morgan fingerprint density at radius 1 is 1.08 bits per heavy atom. The summed E-state index contributed by atoms with van der Waals surface area (Å²) in [7, 11) is 0. The lowest BCUT2D eigenvalue weighted by Gasteiger charge is -2.06. The number of carbonyl (C=O) groups excluding carboxylic acids is 1. The monoisotopic (exact) mass is 319 g/mol. The van der Waals surface area contributed by atoms with E-state index in [-0.39, 0.29) is 5.75 Å². The molecule has 0 saturated carbocycles. The van der Waals surface area contributed by atoms with Crippen molar-refractivity contribution in [3.05, 3.63) is 71.8 Å². The van der Waals surface area contributed by atoms with Gasteiger partial charge in [-0.05, 0) is 30.5 Å². The smallest absolute Gasteiger partial charge is 0.340 e. The molecule has 1 N–H and O–H groups in total. The van der Waals surface area contributed by atoms with Crippen LogP contribution in [-0.2, 0) is 4.74 Å². The highest BCUT2D eigenvalue weighted by atomic mass is 16.5. The van der Waals surface area contributed by atoms with Crippen molar-refractivity contribution >= 4 is 28.6 Å². The second-order valence-electron chi connectivity index (χ2n) is 5.22. The number of aromatic hydroxyl groups is 1. The van der Waals surface area contributed by atoms with Gasteiger partial charge in [0.25, 0.3) is 0 Å². The Morgan fingerprint density at radius 2 is 1.83 bits per heavy atom. The Hall–Kier alpha value is -3.14. The summed E-state index contributed by atoms with van der Waals surface area (Å²) in [5.41, 5.74) is 1.49. The van der Waals surface area contributed by atoms with Crippen LogP contribution in [0.2, 0.25) is 0 Å². The molecule has 3 aromatic carbocycles. The van der Waals surface area contributed by atoms with Gasteiger partial charge in [-0.1, -0.05) is 42.5 Å². The molecule has 0 aliphatic carbocycles. The summed E-state index contributed by atoms with van der Waals surface area (Å²) in [4.78, 5) is 16.3. The molecule has 4 heteroatoms. The van der Waals surface area contributed by atoms with E-state index in [0.717, 1.165) is 10.8 Å². The van der Waals surface area contributed by atoms with E-state index in [1.165, 1.54) is 0 Å². The minimum absolute atomic E-state index is 0.172. The summed E-state index contributed by atoms with van der Waals surface area (Å²) >= 11 is 0. The highest BCUT2D eigenvalue weighted by molar-refractivity contribution is 5.99. The Labute approximate surface area is 140 Å². The minimum atomic E-state index is -0.409. The van der Waals surface area contributed by atoms with Crippen LogP contribution in [0.3, 0.4) is 0 Å². The fourth-order valence-corrected chi connectivity index (χ4v) is 2.48. The van der Waals surface area contributed by atoms with Crippen molar-refractivity contribution in [2.45, 2.75) is 6.92 Å². The van der Waals surface area contributed by atoms with Crippen LogP contribution in [0.5, 0.6) is 5.75 Å². The number of para-hydroxylation sites is 1. The zero-order chi connectivity index (χ0) is 16.9. The van der Waals surface area contributed by atoms with Crippen LogP contribution in [-0.4, -0.2) is 23.9 Å². The van der Waals surface area contributed by atoms with Gasteiger partial charge in [0.05, 0.1) is 17.9 Å². The molecule has 4 nitrogen and oxygen atoms in total. The maximum absolute atomic E-state index is 12.0. The van der Waals surface area contributed by atoms with Gasteiger partial charge in [-0.3, -0.25) is 4.99 Å². The van der Waals surface area contributed by atoms with Crippen molar-refractivity contribution in [3.63, 3.8) is 0 Å². The number of esters is 1. The first kappa shape index (κ1) is 15.7. The molecule has 0 aliphatic heterocycles. The summed E-state index contributed by atoms with van der Waals surface area (Å²) in [5.74, 6) is -0.238. The number of aliphatic imine (C=N–C) groups is 1. The van der Waals surface area contributed by atoms with Crippen molar-refractivity contribution in [3.8, 4) is 5.75 Å². The Kier molecular flexibility index (Phi) is 4.57. The molecule has 0 atom stereocenters. The summed E-state index contributed by atoms with van der Waals surface area (Å²) in [6.07, 6.45) is 1.56. The molecule has 3 aromatic rings. The molecule has 0 saturated heterocycles. The molecule has 24 heavy (non-hydrogen) atoms. The molecule has 0 aliphatic rings. The van der Waals surface area contributed by atoms with E-state index in [1.54, 1.807) is 43.5 Å². The highest BCUT2D eigenvalue weighted by Gasteiger charge is 2.11. The Morgan fingerprint density at radius 3 is 2.67 bits per heavy atom. The highest BCUT2D eigenvalue weighted by Crippen LogP contribution is 2.28. The van der Waals surface area contributed by atoms with Crippen molar-refractivity contribution in [2.24, 2.45) is 4.99 Å². The molecular formula is C20H17NO3.